The Morgan fingerprint density at radius 2 is 1.72 bits per heavy atom. The lowest BCUT2D eigenvalue weighted by molar-refractivity contribution is -0.392. The summed E-state index contributed by atoms with van der Waals surface area (Å²) >= 11 is 3.18. The van der Waals surface area contributed by atoms with Crippen molar-refractivity contribution in [3.63, 3.8) is 0 Å². The average molecular weight is 704 g/mol. The molecule has 4 aliphatic rings. The van der Waals surface area contributed by atoms with Gasteiger partial charge in [0.25, 0.3) is 0 Å². The van der Waals surface area contributed by atoms with E-state index < -0.39 is 68.3 Å². The van der Waals surface area contributed by atoms with Gasteiger partial charge in [-0.1, -0.05) is 35.9 Å². The Hall–Kier alpha value is -5.24. The van der Waals surface area contributed by atoms with Crippen LogP contribution in [-0.4, -0.2) is 52.4 Å². The monoisotopic (exact) mass is 702 g/mol. The Morgan fingerprint density at radius 3 is 2.32 bits per heavy atom. The van der Waals surface area contributed by atoms with E-state index in [9.17, 15) is 44.5 Å². The molecule has 6 rings (SSSR count). The fourth-order valence-corrected chi connectivity index (χ4v) is 7.88. The fraction of sp³-hybridized carbons (Fsp3) is 0.273. The summed E-state index contributed by atoms with van der Waals surface area (Å²) in [5.41, 5.74) is -0.0735. The summed E-state index contributed by atoms with van der Waals surface area (Å²) in [6.45, 7) is 3.73. The molecule has 2 aromatic carbocycles. The maximum Gasteiger partial charge on any atom is 0.301 e. The summed E-state index contributed by atoms with van der Waals surface area (Å²) in [6, 6.07) is 7.03. The second-order valence-corrected chi connectivity index (χ2v) is 12.8. The molecule has 0 bridgehead atoms. The van der Waals surface area contributed by atoms with E-state index in [0.717, 1.165) is 17.0 Å². The Bertz CT molecular complexity index is 1920. The summed E-state index contributed by atoms with van der Waals surface area (Å²) in [6.07, 6.45) is 4.91. The molecule has 2 aromatic rings. The standard InChI is InChI=1S/C33H27BrN4O9/c1-4-6-15-7-5-8-18(30(15)40)26-17-9-10-19-27(20(17)13-21-28(26)25(39)14-22(34)31(21)41)33(43)36(32(19)42)16-11-23(37(44)45)29(35(2)3)24(12-16)38(46)47/h4-5,7-9,11-12,14,19-20,26-27,40H,1,6,10,13H2,2-3H3. The minimum atomic E-state index is -1.04. The summed E-state index contributed by atoms with van der Waals surface area (Å²) in [5, 5.41) is 35.4. The number of imide groups is 1. The zero-order valence-electron chi connectivity index (χ0n) is 25.1. The molecule has 4 atom stereocenters. The number of nitrogens with zero attached hydrogens (tertiary/aromatic N) is 4. The van der Waals surface area contributed by atoms with Crippen molar-refractivity contribution in [1.82, 2.24) is 0 Å². The Morgan fingerprint density at radius 1 is 1.06 bits per heavy atom. The van der Waals surface area contributed by atoms with Crippen molar-refractivity contribution >= 4 is 62.1 Å². The third-order valence-corrected chi connectivity index (χ3v) is 9.90. The number of allylic oxidation sites excluding steroid dienone is 7. The van der Waals surface area contributed by atoms with Crippen LogP contribution in [0.25, 0.3) is 0 Å². The van der Waals surface area contributed by atoms with E-state index in [-0.39, 0.29) is 45.6 Å². The van der Waals surface area contributed by atoms with E-state index in [4.69, 9.17) is 0 Å². The second kappa shape index (κ2) is 11.5. The molecule has 0 saturated carbocycles. The maximum atomic E-state index is 14.3. The van der Waals surface area contributed by atoms with Gasteiger partial charge in [0.15, 0.2) is 17.3 Å². The number of ketones is 2. The number of benzene rings is 2. The molecular formula is C33H27BrN4O9. The predicted molar refractivity (Wildman–Crippen MR) is 173 cm³/mol. The van der Waals surface area contributed by atoms with Crippen LogP contribution in [0.3, 0.4) is 0 Å². The first-order chi connectivity index (χ1) is 22.3. The largest absolute Gasteiger partial charge is 0.507 e. The molecule has 2 amide bonds. The number of amides is 2. The lowest BCUT2D eigenvalue weighted by atomic mass is 9.59. The van der Waals surface area contributed by atoms with Crippen molar-refractivity contribution in [2.45, 2.75) is 25.2 Å². The Balaban J connectivity index is 1.50. The average Bonchev–Trinajstić information content (AvgIpc) is 3.28. The molecule has 47 heavy (non-hydrogen) atoms. The van der Waals surface area contributed by atoms with E-state index in [1.807, 2.05) is 0 Å². The third kappa shape index (κ3) is 4.82. The maximum absolute atomic E-state index is 14.3. The molecule has 1 heterocycles. The molecular weight excluding hydrogens is 676 g/mol. The predicted octanol–water partition coefficient (Wildman–Crippen LogP) is 4.97. The van der Waals surface area contributed by atoms with Gasteiger partial charge in [0.05, 0.1) is 31.9 Å². The highest BCUT2D eigenvalue weighted by Gasteiger charge is 2.57. The number of nitro groups is 2. The van der Waals surface area contributed by atoms with Gasteiger partial charge in [-0.3, -0.25) is 39.4 Å². The molecule has 3 aliphatic carbocycles. The first-order valence-corrected chi connectivity index (χ1v) is 15.4. The second-order valence-electron chi connectivity index (χ2n) is 12.0. The van der Waals surface area contributed by atoms with Crippen LogP contribution < -0.4 is 9.80 Å². The van der Waals surface area contributed by atoms with Gasteiger partial charge in [0, 0.05) is 54.9 Å². The quantitative estimate of drug-likeness (QED) is 0.136. The minimum Gasteiger partial charge on any atom is -0.507 e. The first kappa shape index (κ1) is 31.7. The zero-order chi connectivity index (χ0) is 34.1. The number of rotatable bonds is 7. The van der Waals surface area contributed by atoms with Crippen LogP contribution in [0.4, 0.5) is 22.7 Å². The Kier molecular flexibility index (Phi) is 7.78. The molecule has 4 unspecified atom stereocenters. The van der Waals surface area contributed by atoms with E-state index in [1.54, 1.807) is 30.4 Å². The van der Waals surface area contributed by atoms with Crippen molar-refractivity contribution in [2.24, 2.45) is 17.8 Å². The van der Waals surface area contributed by atoms with E-state index in [2.05, 4.69) is 22.5 Å². The van der Waals surface area contributed by atoms with Gasteiger partial charge in [0.1, 0.15) is 5.75 Å². The molecule has 0 spiro atoms. The van der Waals surface area contributed by atoms with Crippen LogP contribution in [0.15, 0.2) is 76.3 Å². The first-order valence-electron chi connectivity index (χ1n) is 14.6. The molecule has 240 valence electrons. The molecule has 13 nitrogen and oxygen atoms in total. The number of para-hydroxylation sites is 1. The topological polar surface area (TPSA) is 181 Å². The zero-order valence-corrected chi connectivity index (χ0v) is 26.7. The van der Waals surface area contributed by atoms with E-state index >= 15 is 0 Å². The van der Waals surface area contributed by atoms with Crippen LogP contribution in [0.2, 0.25) is 0 Å². The summed E-state index contributed by atoms with van der Waals surface area (Å²) in [5.74, 6) is -6.02. The van der Waals surface area contributed by atoms with Gasteiger partial charge in [0.2, 0.25) is 11.8 Å². The minimum absolute atomic E-state index is 0.0421. The van der Waals surface area contributed by atoms with Crippen LogP contribution in [-0.2, 0) is 25.6 Å². The van der Waals surface area contributed by atoms with E-state index in [0.29, 0.717) is 23.1 Å². The van der Waals surface area contributed by atoms with E-state index in [1.165, 1.54) is 25.1 Å². The van der Waals surface area contributed by atoms with Gasteiger partial charge in [-0.25, -0.2) is 4.90 Å². The third-order valence-electron chi connectivity index (χ3n) is 9.31. The number of Topliss-reactive ketones (excluding diaryl/α,β-unsaturated/α-hetero) is 1. The molecule has 0 radical (unpaired) electrons. The fourth-order valence-electron chi connectivity index (χ4n) is 7.44. The van der Waals surface area contributed by atoms with Crippen molar-refractivity contribution in [3.05, 3.63) is 108 Å². The smallest absolute Gasteiger partial charge is 0.301 e. The summed E-state index contributed by atoms with van der Waals surface area (Å²) in [4.78, 5) is 79.6. The number of aromatic hydroxyl groups is 1. The van der Waals surface area contributed by atoms with Gasteiger partial charge < -0.3 is 10.0 Å². The number of hydrogen-bond acceptors (Lipinski definition) is 10. The van der Waals surface area contributed by atoms with Crippen LogP contribution in [0.5, 0.6) is 5.75 Å². The number of anilines is 2. The normalized spacial score (nSPS) is 23.5. The number of phenolic OH excluding ortho intramolecular Hbond substituents is 1. The van der Waals surface area contributed by atoms with Gasteiger partial charge in [-0.2, -0.15) is 0 Å². The number of carbonyl (C=O) groups is 4. The van der Waals surface area contributed by atoms with Gasteiger partial charge in [-0.05, 0) is 46.7 Å². The van der Waals surface area contributed by atoms with Gasteiger partial charge in [-0.15, -0.1) is 6.58 Å². The summed E-state index contributed by atoms with van der Waals surface area (Å²) in [7, 11) is 2.81. The van der Waals surface area contributed by atoms with Crippen molar-refractivity contribution < 1.29 is 34.1 Å². The molecule has 1 saturated heterocycles. The van der Waals surface area contributed by atoms with Crippen molar-refractivity contribution in [2.75, 3.05) is 23.9 Å². The molecule has 1 N–H and O–H groups in total. The summed E-state index contributed by atoms with van der Waals surface area (Å²) < 4.78 is 0.0421. The number of carbonyl (C=O) groups excluding carboxylic acids is 4. The van der Waals surface area contributed by atoms with Crippen LogP contribution in [0.1, 0.15) is 29.9 Å². The van der Waals surface area contributed by atoms with Gasteiger partial charge >= 0.3 is 11.4 Å². The van der Waals surface area contributed by atoms with Crippen molar-refractivity contribution in [3.8, 4) is 5.75 Å². The SMILES string of the molecule is C=CCc1cccc(C2C3=CCC4C(=O)N(c5cc([N+](=O)[O-])c(N(C)C)c([N+](=O)[O-])c5)C(=O)C4C3CC3=C2C(=O)C=C(Br)C3=O)c1O. The molecule has 14 heteroatoms. The number of hydrogen-bond donors (Lipinski definition) is 1. The molecule has 1 aliphatic heterocycles. The van der Waals surface area contributed by atoms with Crippen molar-refractivity contribution in [1.29, 1.82) is 0 Å². The highest BCUT2D eigenvalue weighted by molar-refractivity contribution is 9.12. The highest BCUT2D eigenvalue weighted by Crippen LogP contribution is 2.57. The lowest BCUT2D eigenvalue weighted by Gasteiger charge is -2.42. The number of nitro benzene ring substituents is 2. The van der Waals surface area contributed by atoms with Crippen LogP contribution in [0, 0.1) is 38.0 Å². The highest BCUT2D eigenvalue weighted by atomic mass is 79.9. The number of fused-ring (bicyclic) bond motifs is 3. The molecule has 0 aromatic heterocycles. The lowest BCUT2D eigenvalue weighted by Crippen LogP contribution is -2.39. The van der Waals surface area contributed by atoms with Crippen LogP contribution >= 0.6 is 15.9 Å². The molecule has 1 fully saturated rings. The Labute approximate surface area is 276 Å². The number of halogens is 1. The number of phenols is 1.